The van der Waals surface area contributed by atoms with Gasteiger partial charge in [-0.1, -0.05) is 47.7 Å². The lowest BCUT2D eigenvalue weighted by molar-refractivity contribution is 0.0642. The van der Waals surface area contributed by atoms with E-state index < -0.39 is 11.8 Å². The largest absolute Gasteiger partial charge is 0.296 e. The van der Waals surface area contributed by atoms with E-state index in [2.05, 4.69) is 15.5 Å². The van der Waals surface area contributed by atoms with Gasteiger partial charge in [0.25, 0.3) is 17.7 Å². The zero-order valence-corrected chi connectivity index (χ0v) is 17.6. The molecule has 0 unspecified atom stereocenters. The highest BCUT2D eigenvalue weighted by molar-refractivity contribution is 7.23. The summed E-state index contributed by atoms with van der Waals surface area (Å²) < 4.78 is 0. The third kappa shape index (κ3) is 3.65. The summed E-state index contributed by atoms with van der Waals surface area (Å²) in [6.07, 6.45) is 0. The lowest BCUT2D eigenvalue weighted by Gasteiger charge is -2.13. The highest BCUT2D eigenvalue weighted by Crippen LogP contribution is 2.30. The van der Waals surface area contributed by atoms with E-state index in [4.69, 9.17) is 0 Å². The van der Waals surface area contributed by atoms with Crippen molar-refractivity contribution >= 4 is 45.5 Å². The maximum Gasteiger partial charge on any atom is 0.261 e. The van der Waals surface area contributed by atoms with E-state index in [0.29, 0.717) is 10.7 Å². The Morgan fingerprint density at radius 1 is 0.935 bits per heavy atom. The Balaban J connectivity index is 1.34. The van der Waals surface area contributed by atoms with Gasteiger partial charge in [0.05, 0.1) is 22.5 Å². The summed E-state index contributed by atoms with van der Waals surface area (Å²) >= 11 is 2.81. The van der Waals surface area contributed by atoms with Crippen LogP contribution in [0.2, 0.25) is 0 Å². The standard InChI is InChI=1S/C22H14N4O3S2/c27-18(23-22-25-24-19(31-22)17-7-4-10-30-17)14-8-9-15-16(11-14)21(29)26(20(15)28)12-13-5-2-1-3-6-13/h1-11H,12H2,(H,23,25,27). The molecule has 0 radical (unpaired) electrons. The molecule has 0 saturated heterocycles. The first-order valence-corrected chi connectivity index (χ1v) is 11.0. The number of amides is 3. The van der Waals surface area contributed by atoms with Crippen molar-refractivity contribution in [1.82, 2.24) is 15.1 Å². The molecule has 152 valence electrons. The van der Waals surface area contributed by atoms with Gasteiger partial charge in [-0.2, -0.15) is 0 Å². The molecule has 5 rings (SSSR count). The van der Waals surface area contributed by atoms with Crippen LogP contribution in [0.3, 0.4) is 0 Å². The Bertz CT molecular complexity index is 1300. The molecule has 1 aliphatic rings. The lowest BCUT2D eigenvalue weighted by Crippen LogP contribution is -2.29. The number of hydrogen-bond donors (Lipinski definition) is 1. The van der Waals surface area contributed by atoms with Gasteiger partial charge in [-0.05, 0) is 35.2 Å². The molecule has 2 aromatic heterocycles. The van der Waals surface area contributed by atoms with Crippen LogP contribution in [-0.2, 0) is 6.54 Å². The van der Waals surface area contributed by atoms with Gasteiger partial charge in [-0.3, -0.25) is 24.6 Å². The fraction of sp³-hybridized carbons (Fsp3) is 0.0455. The SMILES string of the molecule is O=C(Nc1nnc(-c2cccs2)s1)c1ccc2c(c1)C(=O)N(Cc1ccccc1)C2=O. The van der Waals surface area contributed by atoms with Crippen LogP contribution in [0.4, 0.5) is 5.13 Å². The molecular weight excluding hydrogens is 432 g/mol. The van der Waals surface area contributed by atoms with E-state index in [9.17, 15) is 14.4 Å². The number of anilines is 1. The first-order chi connectivity index (χ1) is 15.1. The molecule has 1 N–H and O–H groups in total. The molecule has 0 fully saturated rings. The minimum Gasteiger partial charge on any atom is -0.296 e. The highest BCUT2D eigenvalue weighted by atomic mass is 32.1. The number of rotatable bonds is 5. The van der Waals surface area contributed by atoms with Crippen LogP contribution in [0.25, 0.3) is 9.88 Å². The Hall–Kier alpha value is -3.69. The lowest BCUT2D eigenvalue weighted by atomic mass is 10.1. The summed E-state index contributed by atoms with van der Waals surface area (Å²) in [7, 11) is 0. The quantitative estimate of drug-likeness (QED) is 0.461. The Morgan fingerprint density at radius 3 is 2.52 bits per heavy atom. The van der Waals surface area contributed by atoms with Crippen LogP contribution in [0.1, 0.15) is 36.6 Å². The monoisotopic (exact) mass is 446 g/mol. The zero-order valence-electron chi connectivity index (χ0n) is 15.9. The summed E-state index contributed by atoms with van der Waals surface area (Å²) in [4.78, 5) is 40.4. The number of nitrogens with one attached hydrogen (secondary N) is 1. The van der Waals surface area contributed by atoms with Crippen molar-refractivity contribution in [1.29, 1.82) is 0 Å². The second-order valence-corrected chi connectivity index (χ2v) is 8.71. The summed E-state index contributed by atoms with van der Waals surface area (Å²) in [5, 5.41) is 13.8. The molecule has 3 heterocycles. The van der Waals surface area contributed by atoms with E-state index >= 15 is 0 Å². The molecule has 7 nitrogen and oxygen atoms in total. The van der Waals surface area contributed by atoms with Gasteiger partial charge in [0.2, 0.25) is 5.13 Å². The third-order valence-corrected chi connectivity index (χ3v) is 6.67. The molecule has 1 aliphatic heterocycles. The van der Waals surface area contributed by atoms with Gasteiger partial charge >= 0.3 is 0 Å². The van der Waals surface area contributed by atoms with Gasteiger partial charge in [-0.15, -0.1) is 21.5 Å². The van der Waals surface area contributed by atoms with Crippen molar-refractivity contribution in [2.45, 2.75) is 6.54 Å². The summed E-state index contributed by atoms with van der Waals surface area (Å²) in [5.41, 5.74) is 1.65. The van der Waals surface area contributed by atoms with Crippen molar-refractivity contribution in [2.75, 3.05) is 5.32 Å². The molecule has 0 spiro atoms. The summed E-state index contributed by atoms with van der Waals surface area (Å²) in [6.45, 7) is 0.186. The normalized spacial score (nSPS) is 12.8. The van der Waals surface area contributed by atoms with Crippen LogP contribution in [0.15, 0.2) is 66.0 Å². The molecule has 4 aromatic rings. The number of nitrogens with zero attached hydrogens (tertiary/aromatic N) is 3. The van der Waals surface area contributed by atoms with Gasteiger partial charge in [0.15, 0.2) is 5.01 Å². The molecule has 0 atom stereocenters. The molecule has 31 heavy (non-hydrogen) atoms. The minimum absolute atomic E-state index is 0.186. The smallest absolute Gasteiger partial charge is 0.261 e. The Labute approximate surface area is 185 Å². The van der Waals surface area contributed by atoms with Crippen LogP contribution in [0.5, 0.6) is 0 Å². The molecule has 0 aliphatic carbocycles. The van der Waals surface area contributed by atoms with Crippen LogP contribution < -0.4 is 5.32 Å². The van der Waals surface area contributed by atoms with Gasteiger partial charge < -0.3 is 0 Å². The van der Waals surface area contributed by atoms with Crippen LogP contribution in [-0.4, -0.2) is 32.8 Å². The van der Waals surface area contributed by atoms with Crippen LogP contribution >= 0.6 is 22.7 Å². The number of hydrogen-bond acceptors (Lipinski definition) is 7. The third-order valence-electron chi connectivity index (χ3n) is 4.79. The highest BCUT2D eigenvalue weighted by Gasteiger charge is 2.36. The Kier molecular flexibility index (Phi) is 4.89. The molecule has 2 aromatic carbocycles. The van der Waals surface area contributed by atoms with Crippen molar-refractivity contribution in [2.24, 2.45) is 0 Å². The maximum absolute atomic E-state index is 12.8. The van der Waals surface area contributed by atoms with E-state index in [1.54, 1.807) is 11.3 Å². The molecule has 9 heteroatoms. The predicted octanol–water partition coefficient (Wildman–Crippen LogP) is 4.32. The first kappa shape index (κ1) is 19.3. The number of aromatic nitrogens is 2. The fourth-order valence-corrected chi connectivity index (χ4v) is 4.82. The van der Waals surface area contributed by atoms with Gasteiger partial charge in [0, 0.05) is 5.56 Å². The molecule has 0 bridgehead atoms. The van der Waals surface area contributed by atoms with Gasteiger partial charge in [0.1, 0.15) is 0 Å². The Morgan fingerprint density at radius 2 is 1.74 bits per heavy atom. The summed E-state index contributed by atoms with van der Waals surface area (Å²) in [5.74, 6) is -1.19. The predicted molar refractivity (Wildman–Crippen MR) is 118 cm³/mol. The van der Waals surface area contributed by atoms with Crippen molar-refractivity contribution < 1.29 is 14.4 Å². The second-order valence-electron chi connectivity index (χ2n) is 6.79. The molecular formula is C22H14N4O3S2. The van der Waals surface area contributed by atoms with Crippen molar-refractivity contribution in [3.8, 4) is 9.88 Å². The number of imide groups is 1. The van der Waals surface area contributed by atoms with Crippen LogP contribution in [0, 0.1) is 0 Å². The van der Waals surface area contributed by atoms with Crippen molar-refractivity contribution in [3.63, 3.8) is 0 Å². The molecule has 0 saturated carbocycles. The van der Waals surface area contributed by atoms with E-state index in [1.807, 2.05) is 47.8 Å². The van der Waals surface area contributed by atoms with E-state index in [0.717, 1.165) is 15.4 Å². The number of thiophene rings is 1. The molecule has 3 amide bonds. The fourth-order valence-electron chi connectivity index (χ4n) is 3.28. The number of benzene rings is 2. The maximum atomic E-state index is 12.8. The minimum atomic E-state index is -0.418. The average Bonchev–Trinajstić information content (AvgIpc) is 3.52. The van der Waals surface area contributed by atoms with Crippen molar-refractivity contribution in [3.05, 3.63) is 88.3 Å². The second kappa shape index (κ2) is 7.86. The number of fused-ring (bicyclic) bond motifs is 1. The van der Waals surface area contributed by atoms with E-state index in [1.165, 1.54) is 34.4 Å². The van der Waals surface area contributed by atoms with Gasteiger partial charge in [-0.25, -0.2) is 0 Å². The zero-order chi connectivity index (χ0) is 21.4. The van der Waals surface area contributed by atoms with E-state index in [-0.39, 0.29) is 23.6 Å². The summed E-state index contributed by atoms with van der Waals surface area (Å²) in [6, 6.07) is 17.7. The number of carbonyl (C=O) groups is 3. The average molecular weight is 447 g/mol. The first-order valence-electron chi connectivity index (χ1n) is 9.33. The topological polar surface area (TPSA) is 92.3 Å². The number of carbonyl (C=O) groups excluding carboxylic acids is 3.